The van der Waals surface area contributed by atoms with Crippen molar-refractivity contribution in [2.75, 3.05) is 20.6 Å². The fourth-order valence-electron chi connectivity index (χ4n) is 1.03. The molecule has 0 aliphatic carbocycles. The summed E-state index contributed by atoms with van der Waals surface area (Å²) in [7, 11) is 3.44. The molecule has 1 unspecified atom stereocenters. The van der Waals surface area contributed by atoms with E-state index >= 15 is 0 Å². The topological polar surface area (TPSA) is 49.4 Å². The summed E-state index contributed by atoms with van der Waals surface area (Å²) in [6, 6.07) is 0.120. The Morgan fingerprint density at radius 1 is 1.46 bits per heavy atom. The molecule has 0 aromatic rings. The van der Waals surface area contributed by atoms with Gasteiger partial charge in [0.2, 0.25) is 5.91 Å². The number of hydrogen-bond donors (Lipinski definition) is 1. The quantitative estimate of drug-likeness (QED) is 0.659. The van der Waals surface area contributed by atoms with Crippen molar-refractivity contribution in [2.45, 2.75) is 26.3 Å². The Kier molecular flexibility index (Phi) is 5.30. The zero-order valence-corrected chi connectivity index (χ0v) is 8.76. The van der Waals surface area contributed by atoms with E-state index in [4.69, 9.17) is 0 Å². The van der Waals surface area contributed by atoms with Gasteiger partial charge in [-0.25, -0.2) is 0 Å². The molecule has 0 saturated heterocycles. The van der Waals surface area contributed by atoms with Crippen molar-refractivity contribution in [1.82, 2.24) is 10.2 Å². The molecular formula is C9H18N2O2. The number of hydrogen-bond acceptors (Lipinski definition) is 3. The van der Waals surface area contributed by atoms with Crippen molar-refractivity contribution in [3.63, 3.8) is 0 Å². The second-order valence-corrected chi connectivity index (χ2v) is 3.34. The average molecular weight is 186 g/mol. The molecule has 0 aliphatic heterocycles. The van der Waals surface area contributed by atoms with Gasteiger partial charge < -0.3 is 5.32 Å². The standard InChI is InChI=1S/C9H18N2O2/c1-7(5-8(2)12)11(4)6-9(13)10-3/h7H,5-6H2,1-4H3,(H,10,13). The second kappa shape index (κ2) is 5.70. The molecule has 13 heavy (non-hydrogen) atoms. The lowest BCUT2D eigenvalue weighted by molar-refractivity contribution is -0.123. The van der Waals surface area contributed by atoms with E-state index in [1.54, 1.807) is 14.0 Å². The monoisotopic (exact) mass is 186 g/mol. The first-order valence-corrected chi connectivity index (χ1v) is 4.37. The van der Waals surface area contributed by atoms with Crippen LogP contribution in [-0.4, -0.2) is 43.3 Å². The van der Waals surface area contributed by atoms with E-state index in [-0.39, 0.29) is 17.7 Å². The smallest absolute Gasteiger partial charge is 0.233 e. The number of likely N-dealkylation sites (N-methyl/N-ethyl adjacent to an activating group) is 2. The maximum Gasteiger partial charge on any atom is 0.233 e. The van der Waals surface area contributed by atoms with Crippen molar-refractivity contribution >= 4 is 11.7 Å². The largest absolute Gasteiger partial charge is 0.358 e. The van der Waals surface area contributed by atoms with E-state index in [0.29, 0.717) is 13.0 Å². The van der Waals surface area contributed by atoms with E-state index < -0.39 is 0 Å². The van der Waals surface area contributed by atoms with Crippen LogP contribution in [0.25, 0.3) is 0 Å². The van der Waals surface area contributed by atoms with Crippen LogP contribution >= 0.6 is 0 Å². The summed E-state index contributed by atoms with van der Waals surface area (Å²) >= 11 is 0. The second-order valence-electron chi connectivity index (χ2n) is 3.34. The molecule has 0 saturated carbocycles. The number of nitrogens with one attached hydrogen (secondary N) is 1. The Morgan fingerprint density at radius 2 is 2.00 bits per heavy atom. The molecule has 1 amide bonds. The Balaban J connectivity index is 3.88. The van der Waals surface area contributed by atoms with Gasteiger partial charge in [0.1, 0.15) is 5.78 Å². The summed E-state index contributed by atoms with van der Waals surface area (Å²) in [4.78, 5) is 23.6. The fourth-order valence-corrected chi connectivity index (χ4v) is 1.03. The minimum absolute atomic E-state index is 0.0297. The number of carbonyl (C=O) groups excluding carboxylic acids is 2. The van der Waals surface area contributed by atoms with Gasteiger partial charge in [0.25, 0.3) is 0 Å². The third-order valence-electron chi connectivity index (χ3n) is 2.01. The molecule has 0 radical (unpaired) electrons. The van der Waals surface area contributed by atoms with Crippen LogP contribution in [0.5, 0.6) is 0 Å². The molecule has 1 N–H and O–H groups in total. The van der Waals surface area contributed by atoms with E-state index in [1.165, 1.54) is 0 Å². The van der Waals surface area contributed by atoms with E-state index in [2.05, 4.69) is 5.32 Å². The van der Waals surface area contributed by atoms with E-state index in [0.717, 1.165) is 0 Å². The predicted octanol–water partition coefficient (Wildman–Crippen LogP) is 0.0318. The molecule has 0 aliphatic rings. The summed E-state index contributed by atoms with van der Waals surface area (Å²) < 4.78 is 0. The predicted molar refractivity (Wildman–Crippen MR) is 51.5 cm³/mol. The fraction of sp³-hybridized carbons (Fsp3) is 0.778. The zero-order chi connectivity index (χ0) is 10.4. The zero-order valence-electron chi connectivity index (χ0n) is 8.76. The summed E-state index contributed by atoms with van der Waals surface area (Å²) in [5.74, 6) is 0.120. The number of nitrogens with zero attached hydrogens (tertiary/aromatic N) is 1. The van der Waals surface area contributed by atoms with Crippen LogP contribution in [0.2, 0.25) is 0 Å². The van der Waals surface area contributed by atoms with Crippen LogP contribution in [-0.2, 0) is 9.59 Å². The number of rotatable bonds is 5. The van der Waals surface area contributed by atoms with Crippen molar-refractivity contribution in [3.05, 3.63) is 0 Å². The molecule has 0 heterocycles. The third-order valence-corrected chi connectivity index (χ3v) is 2.01. The van der Waals surface area contributed by atoms with Crippen molar-refractivity contribution in [1.29, 1.82) is 0 Å². The first-order chi connectivity index (χ1) is 5.97. The lowest BCUT2D eigenvalue weighted by Crippen LogP contribution is -2.38. The highest BCUT2D eigenvalue weighted by atomic mass is 16.2. The minimum Gasteiger partial charge on any atom is -0.358 e. The maximum atomic E-state index is 11.0. The van der Waals surface area contributed by atoms with Gasteiger partial charge in [-0.2, -0.15) is 0 Å². The number of carbonyl (C=O) groups is 2. The Morgan fingerprint density at radius 3 is 2.38 bits per heavy atom. The van der Waals surface area contributed by atoms with Crippen molar-refractivity contribution in [3.8, 4) is 0 Å². The summed E-state index contributed by atoms with van der Waals surface area (Å²) in [6.07, 6.45) is 0.494. The number of amides is 1. The normalized spacial score (nSPS) is 12.7. The Hall–Kier alpha value is -0.900. The van der Waals surface area contributed by atoms with Gasteiger partial charge in [-0.1, -0.05) is 0 Å². The summed E-state index contributed by atoms with van der Waals surface area (Å²) in [5.41, 5.74) is 0. The lowest BCUT2D eigenvalue weighted by atomic mass is 10.1. The maximum absolute atomic E-state index is 11.0. The number of ketones is 1. The van der Waals surface area contributed by atoms with Gasteiger partial charge in [0, 0.05) is 19.5 Å². The van der Waals surface area contributed by atoms with Crippen molar-refractivity contribution in [2.24, 2.45) is 0 Å². The summed E-state index contributed by atoms with van der Waals surface area (Å²) in [5, 5.41) is 2.54. The highest BCUT2D eigenvalue weighted by Crippen LogP contribution is 2.00. The molecular weight excluding hydrogens is 168 g/mol. The van der Waals surface area contributed by atoms with Crippen LogP contribution in [0, 0.1) is 0 Å². The molecule has 0 spiro atoms. The third kappa shape index (κ3) is 5.36. The van der Waals surface area contributed by atoms with Crippen LogP contribution in [0.4, 0.5) is 0 Å². The average Bonchev–Trinajstić information content (AvgIpc) is 2.02. The molecule has 1 atom stereocenters. The molecule has 0 rings (SSSR count). The number of Topliss-reactive ketones (excluding diaryl/α,β-unsaturated/α-hetero) is 1. The minimum atomic E-state index is -0.0297. The highest BCUT2D eigenvalue weighted by Gasteiger charge is 2.13. The molecule has 4 nitrogen and oxygen atoms in total. The van der Waals surface area contributed by atoms with Gasteiger partial charge in [-0.3, -0.25) is 14.5 Å². The molecule has 4 heteroatoms. The molecule has 76 valence electrons. The van der Waals surface area contributed by atoms with E-state index in [1.807, 2.05) is 18.9 Å². The van der Waals surface area contributed by atoms with Crippen LogP contribution in [0.3, 0.4) is 0 Å². The van der Waals surface area contributed by atoms with Gasteiger partial charge in [0.05, 0.1) is 6.54 Å². The first kappa shape index (κ1) is 12.1. The van der Waals surface area contributed by atoms with Crippen LogP contribution in [0.15, 0.2) is 0 Å². The first-order valence-electron chi connectivity index (χ1n) is 4.37. The summed E-state index contributed by atoms with van der Waals surface area (Å²) in [6.45, 7) is 3.83. The SMILES string of the molecule is CNC(=O)CN(C)C(C)CC(C)=O. The Labute approximate surface area is 79.3 Å². The van der Waals surface area contributed by atoms with Crippen molar-refractivity contribution < 1.29 is 9.59 Å². The van der Waals surface area contributed by atoms with Crippen LogP contribution in [0.1, 0.15) is 20.3 Å². The Bertz CT molecular complexity index is 192. The van der Waals surface area contributed by atoms with E-state index in [9.17, 15) is 9.59 Å². The lowest BCUT2D eigenvalue weighted by Gasteiger charge is -2.22. The highest BCUT2D eigenvalue weighted by molar-refractivity contribution is 5.78. The molecule has 0 aromatic carbocycles. The van der Waals surface area contributed by atoms with Gasteiger partial charge >= 0.3 is 0 Å². The van der Waals surface area contributed by atoms with Gasteiger partial charge in [-0.05, 0) is 20.9 Å². The molecule has 0 fully saturated rings. The molecule has 0 aromatic heterocycles. The van der Waals surface area contributed by atoms with Gasteiger partial charge in [0.15, 0.2) is 0 Å². The van der Waals surface area contributed by atoms with Crippen LogP contribution < -0.4 is 5.32 Å². The molecule has 0 bridgehead atoms. The van der Waals surface area contributed by atoms with Gasteiger partial charge in [-0.15, -0.1) is 0 Å².